The van der Waals surface area contributed by atoms with Gasteiger partial charge in [-0.25, -0.2) is 4.79 Å². The van der Waals surface area contributed by atoms with Crippen LogP contribution in [0.1, 0.15) is 36.7 Å². The standard InChI is InChI=1S/C19H26N4O4/c1-5-27-10-16-22-15(9-20)17(23(16)11-19(2,3)25)13-7-6-12(8-14(13)21)18(24)26-4/h6-8,16,22,25H,5,10-11,21H2,1-4H3. The first-order valence-electron chi connectivity index (χ1n) is 8.67. The Morgan fingerprint density at radius 1 is 1.48 bits per heavy atom. The molecule has 0 saturated heterocycles. The number of allylic oxidation sites excluding steroid dienone is 1. The first kappa shape index (κ1) is 20.6. The van der Waals surface area contributed by atoms with Crippen LogP contribution < -0.4 is 11.1 Å². The zero-order valence-corrected chi connectivity index (χ0v) is 16.1. The fourth-order valence-electron chi connectivity index (χ4n) is 2.98. The van der Waals surface area contributed by atoms with E-state index in [-0.39, 0.29) is 12.7 Å². The number of aliphatic hydroxyl groups is 1. The van der Waals surface area contributed by atoms with Gasteiger partial charge in [0.15, 0.2) is 0 Å². The summed E-state index contributed by atoms with van der Waals surface area (Å²) in [6.07, 6.45) is -0.319. The van der Waals surface area contributed by atoms with Crippen molar-refractivity contribution in [3.05, 3.63) is 35.0 Å². The Labute approximate surface area is 159 Å². The maximum absolute atomic E-state index is 11.7. The Kier molecular flexibility index (Phi) is 6.31. The van der Waals surface area contributed by atoms with Crippen LogP contribution >= 0.6 is 0 Å². The average molecular weight is 374 g/mol. The molecular weight excluding hydrogens is 348 g/mol. The smallest absolute Gasteiger partial charge is 0.337 e. The van der Waals surface area contributed by atoms with Crippen molar-refractivity contribution >= 4 is 17.4 Å². The van der Waals surface area contributed by atoms with E-state index in [1.54, 1.807) is 26.0 Å². The van der Waals surface area contributed by atoms with Crippen molar-refractivity contribution in [1.82, 2.24) is 10.2 Å². The van der Waals surface area contributed by atoms with E-state index in [9.17, 15) is 15.2 Å². The number of β-amino-alcohol motifs (C(OH)–C–C–N with tert-alkyl or cyclic N) is 1. The van der Waals surface area contributed by atoms with E-state index in [4.69, 9.17) is 15.2 Å². The molecule has 4 N–H and O–H groups in total. The Morgan fingerprint density at radius 2 is 2.19 bits per heavy atom. The summed E-state index contributed by atoms with van der Waals surface area (Å²) >= 11 is 0. The molecule has 8 heteroatoms. The van der Waals surface area contributed by atoms with Crippen LogP contribution in [0.25, 0.3) is 5.70 Å². The number of rotatable bonds is 7. The van der Waals surface area contributed by atoms with Crippen molar-refractivity contribution in [2.45, 2.75) is 32.5 Å². The van der Waals surface area contributed by atoms with Crippen LogP contribution in [0.2, 0.25) is 0 Å². The fourth-order valence-corrected chi connectivity index (χ4v) is 2.98. The lowest BCUT2D eigenvalue weighted by Gasteiger charge is -2.34. The number of nitrogens with one attached hydrogen (secondary N) is 1. The van der Waals surface area contributed by atoms with E-state index in [0.717, 1.165) is 0 Å². The molecule has 0 spiro atoms. The van der Waals surface area contributed by atoms with Gasteiger partial charge < -0.3 is 30.5 Å². The van der Waals surface area contributed by atoms with Gasteiger partial charge in [-0.2, -0.15) is 5.26 Å². The average Bonchev–Trinajstić information content (AvgIpc) is 2.94. The molecule has 2 rings (SSSR count). The zero-order chi connectivity index (χ0) is 20.2. The van der Waals surface area contributed by atoms with Crippen molar-refractivity contribution in [2.75, 3.05) is 32.6 Å². The summed E-state index contributed by atoms with van der Waals surface area (Å²) in [5, 5.41) is 23.1. The van der Waals surface area contributed by atoms with Crippen LogP contribution in [0.4, 0.5) is 5.69 Å². The van der Waals surface area contributed by atoms with Crippen molar-refractivity contribution in [3.8, 4) is 6.07 Å². The second kappa shape index (κ2) is 8.29. The highest BCUT2D eigenvalue weighted by Gasteiger charge is 2.36. The van der Waals surface area contributed by atoms with E-state index in [0.29, 0.717) is 41.4 Å². The molecule has 0 amide bonds. The molecule has 1 atom stereocenters. The molecule has 1 heterocycles. The van der Waals surface area contributed by atoms with Crippen LogP contribution in [-0.4, -0.2) is 54.6 Å². The van der Waals surface area contributed by atoms with Crippen LogP contribution in [0.3, 0.4) is 0 Å². The molecule has 27 heavy (non-hydrogen) atoms. The molecule has 1 aliphatic rings. The Balaban J connectivity index is 2.49. The van der Waals surface area contributed by atoms with Gasteiger partial charge in [0.2, 0.25) is 0 Å². The number of esters is 1. The van der Waals surface area contributed by atoms with Crippen LogP contribution in [0.15, 0.2) is 23.9 Å². The lowest BCUT2D eigenvalue weighted by atomic mass is 10.0. The van der Waals surface area contributed by atoms with Gasteiger partial charge >= 0.3 is 5.97 Å². The van der Waals surface area contributed by atoms with Crippen molar-refractivity contribution in [2.24, 2.45) is 0 Å². The summed E-state index contributed by atoms with van der Waals surface area (Å²) in [7, 11) is 1.30. The number of carbonyl (C=O) groups excluding carboxylic acids is 1. The highest BCUT2D eigenvalue weighted by Crippen LogP contribution is 2.34. The number of ether oxygens (including phenoxy) is 2. The first-order chi connectivity index (χ1) is 12.7. The van der Waals surface area contributed by atoms with E-state index in [1.807, 2.05) is 11.8 Å². The molecule has 146 valence electrons. The van der Waals surface area contributed by atoms with Gasteiger partial charge in [0.25, 0.3) is 0 Å². The summed E-state index contributed by atoms with van der Waals surface area (Å²) in [4.78, 5) is 13.6. The molecule has 8 nitrogen and oxygen atoms in total. The number of benzene rings is 1. The number of nitrogen functional groups attached to an aromatic ring is 1. The summed E-state index contributed by atoms with van der Waals surface area (Å²) in [5.41, 5.74) is 7.32. The lowest BCUT2D eigenvalue weighted by Crippen LogP contribution is -2.47. The second-order valence-electron chi connectivity index (χ2n) is 6.89. The van der Waals surface area contributed by atoms with E-state index < -0.39 is 11.6 Å². The number of hydrogen-bond acceptors (Lipinski definition) is 8. The molecule has 0 bridgehead atoms. The van der Waals surface area contributed by atoms with Crippen LogP contribution in [0, 0.1) is 11.3 Å². The van der Waals surface area contributed by atoms with Crippen LogP contribution in [0.5, 0.6) is 0 Å². The Bertz CT molecular complexity index is 777. The highest BCUT2D eigenvalue weighted by molar-refractivity contribution is 5.92. The number of anilines is 1. The topological polar surface area (TPSA) is 121 Å². The highest BCUT2D eigenvalue weighted by atomic mass is 16.5. The zero-order valence-electron chi connectivity index (χ0n) is 16.1. The number of carbonyl (C=O) groups is 1. The lowest BCUT2D eigenvalue weighted by molar-refractivity contribution is 0.0231. The minimum absolute atomic E-state index is 0.260. The van der Waals surface area contributed by atoms with E-state index in [2.05, 4.69) is 11.4 Å². The third kappa shape index (κ3) is 4.70. The van der Waals surface area contributed by atoms with Gasteiger partial charge in [-0.05, 0) is 39.0 Å². The van der Waals surface area contributed by atoms with Gasteiger partial charge in [0.1, 0.15) is 17.9 Å². The van der Waals surface area contributed by atoms with E-state index in [1.165, 1.54) is 13.2 Å². The van der Waals surface area contributed by atoms with Gasteiger partial charge in [-0.15, -0.1) is 0 Å². The molecular formula is C19H26N4O4. The third-order valence-corrected chi connectivity index (χ3v) is 4.09. The monoisotopic (exact) mass is 374 g/mol. The minimum Gasteiger partial charge on any atom is -0.465 e. The molecule has 0 aliphatic carbocycles. The third-order valence-electron chi connectivity index (χ3n) is 4.09. The SMILES string of the molecule is CCOCC1NC(C#N)=C(c2ccc(C(=O)OC)cc2N)N1CC(C)(C)O. The molecule has 0 aromatic heterocycles. The van der Waals surface area contributed by atoms with E-state index >= 15 is 0 Å². The normalized spacial score (nSPS) is 16.9. The summed E-state index contributed by atoms with van der Waals surface area (Å²) in [5.74, 6) is -0.491. The summed E-state index contributed by atoms with van der Waals surface area (Å²) in [6.45, 7) is 6.39. The quantitative estimate of drug-likeness (QED) is 0.482. The Morgan fingerprint density at radius 3 is 2.70 bits per heavy atom. The Hall–Kier alpha value is -2.76. The maximum Gasteiger partial charge on any atom is 0.337 e. The predicted octanol–water partition coefficient (Wildman–Crippen LogP) is 1.29. The molecule has 1 aliphatic heterocycles. The van der Waals surface area contributed by atoms with Gasteiger partial charge in [0.05, 0.1) is 30.6 Å². The number of hydrogen-bond donors (Lipinski definition) is 3. The van der Waals surface area contributed by atoms with Crippen molar-refractivity contribution in [3.63, 3.8) is 0 Å². The largest absolute Gasteiger partial charge is 0.465 e. The summed E-state index contributed by atoms with van der Waals surface area (Å²) < 4.78 is 10.2. The minimum atomic E-state index is -1.01. The fraction of sp³-hybridized carbons (Fsp3) is 0.474. The number of nitriles is 1. The van der Waals surface area contributed by atoms with Crippen molar-refractivity contribution in [1.29, 1.82) is 5.26 Å². The van der Waals surface area contributed by atoms with Crippen LogP contribution in [-0.2, 0) is 9.47 Å². The molecule has 0 saturated carbocycles. The molecule has 1 aromatic rings. The first-order valence-corrected chi connectivity index (χ1v) is 8.67. The molecule has 1 aromatic carbocycles. The second-order valence-corrected chi connectivity index (χ2v) is 6.89. The van der Waals surface area contributed by atoms with Gasteiger partial charge in [-0.3, -0.25) is 0 Å². The predicted molar refractivity (Wildman–Crippen MR) is 101 cm³/mol. The number of methoxy groups -OCH3 is 1. The molecule has 0 fully saturated rings. The molecule has 0 radical (unpaired) electrons. The summed E-state index contributed by atoms with van der Waals surface area (Å²) in [6, 6.07) is 6.94. The van der Waals surface area contributed by atoms with Gasteiger partial charge in [0, 0.05) is 24.4 Å². The van der Waals surface area contributed by atoms with Gasteiger partial charge in [-0.1, -0.05) is 0 Å². The van der Waals surface area contributed by atoms with Crippen molar-refractivity contribution < 1.29 is 19.4 Å². The number of nitrogens with zero attached hydrogens (tertiary/aromatic N) is 2. The number of nitrogens with two attached hydrogens (primary N) is 1. The maximum atomic E-state index is 11.7. The molecule has 1 unspecified atom stereocenters.